The third kappa shape index (κ3) is 3.46. The van der Waals surface area contributed by atoms with Crippen LogP contribution in [-0.4, -0.2) is 16.5 Å². The van der Waals surface area contributed by atoms with Crippen molar-refractivity contribution in [3.05, 3.63) is 52.4 Å². The Hall–Kier alpha value is -1.65. The van der Waals surface area contributed by atoms with Gasteiger partial charge in [-0.3, -0.25) is 4.98 Å². The molecule has 2 heterocycles. The van der Waals surface area contributed by atoms with Crippen LogP contribution in [0.4, 0.5) is 5.82 Å². The number of hydrogen-bond acceptors (Lipinski definition) is 4. The van der Waals surface area contributed by atoms with E-state index in [2.05, 4.69) is 22.2 Å². The first kappa shape index (κ1) is 14.8. The Morgan fingerprint density at radius 3 is 2.90 bits per heavy atom. The van der Waals surface area contributed by atoms with Crippen LogP contribution in [0.3, 0.4) is 0 Å². The summed E-state index contributed by atoms with van der Waals surface area (Å²) in [6.07, 6.45) is 2.58. The second-order valence-corrected chi connectivity index (χ2v) is 5.16. The van der Waals surface area contributed by atoms with Crippen LogP contribution in [-0.2, 0) is 0 Å². The Morgan fingerprint density at radius 2 is 2.20 bits per heavy atom. The minimum Gasteiger partial charge on any atom is -0.383 e. The van der Waals surface area contributed by atoms with Crippen LogP contribution in [0.25, 0.3) is 0 Å². The molecule has 0 aliphatic rings. The lowest BCUT2D eigenvalue weighted by molar-refractivity contribution is 0.585. The van der Waals surface area contributed by atoms with Crippen LogP contribution in [0.1, 0.15) is 36.3 Å². The SMILES string of the molecule is CCCNC(c1cccc(C)n1)c1cc(Cl)cnc1N. The Kier molecular flexibility index (Phi) is 4.93. The maximum atomic E-state index is 6.05. The Labute approximate surface area is 124 Å². The normalized spacial score (nSPS) is 12.3. The van der Waals surface area contributed by atoms with Gasteiger partial charge in [0.2, 0.25) is 0 Å². The molecule has 2 aromatic rings. The van der Waals surface area contributed by atoms with Gasteiger partial charge in [-0.1, -0.05) is 24.6 Å². The first-order valence-electron chi connectivity index (χ1n) is 6.69. The topological polar surface area (TPSA) is 63.8 Å². The average Bonchev–Trinajstić information content (AvgIpc) is 2.43. The fraction of sp³-hybridized carbons (Fsp3) is 0.333. The molecule has 0 amide bonds. The largest absolute Gasteiger partial charge is 0.383 e. The van der Waals surface area contributed by atoms with Gasteiger partial charge in [0.15, 0.2) is 0 Å². The summed E-state index contributed by atoms with van der Waals surface area (Å²) in [5.41, 5.74) is 8.76. The molecule has 1 atom stereocenters. The van der Waals surface area contributed by atoms with Crippen LogP contribution in [0.15, 0.2) is 30.5 Å². The molecule has 4 nitrogen and oxygen atoms in total. The van der Waals surface area contributed by atoms with Crippen molar-refractivity contribution in [1.82, 2.24) is 15.3 Å². The van der Waals surface area contributed by atoms with Crippen molar-refractivity contribution in [3.8, 4) is 0 Å². The molecule has 0 aromatic carbocycles. The van der Waals surface area contributed by atoms with E-state index < -0.39 is 0 Å². The quantitative estimate of drug-likeness (QED) is 0.888. The van der Waals surface area contributed by atoms with Crippen molar-refractivity contribution in [2.45, 2.75) is 26.3 Å². The van der Waals surface area contributed by atoms with E-state index in [9.17, 15) is 0 Å². The Bertz CT molecular complexity index is 586. The maximum absolute atomic E-state index is 6.05. The number of halogens is 1. The van der Waals surface area contributed by atoms with Crippen LogP contribution in [0.5, 0.6) is 0 Å². The van der Waals surface area contributed by atoms with E-state index in [1.54, 1.807) is 6.20 Å². The number of nitrogens with one attached hydrogen (secondary N) is 1. The number of rotatable bonds is 5. The lowest BCUT2D eigenvalue weighted by atomic mass is 10.0. The van der Waals surface area contributed by atoms with Gasteiger partial charge in [-0.15, -0.1) is 0 Å². The van der Waals surface area contributed by atoms with Gasteiger partial charge < -0.3 is 11.1 Å². The lowest BCUT2D eigenvalue weighted by Crippen LogP contribution is -2.25. The number of hydrogen-bond donors (Lipinski definition) is 2. The monoisotopic (exact) mass is 290 g/mol. The Balaban J connectivity index is 2.44. The van der Waals surface area contributed by atoms with Crippen molar-refractivity contribution >= 4 is 17.4 Å². The highest BCUT2D eigenvalue weighted by Crippen LogP contribution is 2.27. The van der Waals surface area contributed by atoms with Gasteiger partial charge in [0.05, 0.1) is 16.8 Å². The van der Waals surface area contributed by atoms with Gasteiger partial charge >= 0.3 is 0 Å². The van der Waals surface area contributed by atoms with Gasteiger partial charge in [0, 0.05) is 17.5 Å². The van der Waals surface area contributed by atoms with E-state index in [0.29, 0.717) is 10.8 Å². The van der Waals surface area contributed by atoms with E-state index in [-0.39, 0.29) is 6.04 Å². The number of anilines is 1. The van der Waals surface area contributed by atoms with Gasteiger partial charge in [-0.25, -0.2) is 4.98 Å². The minimum absolute atomic E-state index is 0.0963. The minimum atomic E-state index is -0.0963. The molecule has 2 rings (SSSR count). The fourth-order valence-corrected chi connectivity index (χ4v) is 2.25. The highest BCUT2D eigenvalue weighted by Gasteiger charge is 2.18. The molecular weight excluding hydrogens is 272 g/mol. The fourth-order valence-electron chi connectivity index (χ4n) is 2.08. The number of aryl methyl sites for hydroxylation is 1. The van der Waals surface area contributed by atoms with E-state index >= 15 is 0 Å². The number of nitrogens with two attached hydrogens (primary N) is 1. The molecule has 0 radical (unpaired) electrons. The predicted molar refractivity (Wildman–Crippen MR) is 82.8 cm³/mol. The zero-order valence-electron chi connectivity index (χ0n) is 11.7. The second kappa shape index (κ2) is 6.68. The van der Waals surface area contributed by atoms with E-state index in [4.69, 9.17) is 17.3 Å². The number of nitrogen functional groups attached to an aromatic ring is 1. The third-order valence-corrected chi connectivity index (χ3v) is 3.24. The molecule has 0 saturated carbocycles. The van der Waals surface area contributed by atoms with E-state index in [0.717, 1.165) is 29.9 Å². The number of pyridine rings is 2. The van der Waals surface area contributed by atoms with Gasteiger partial charge in [-0.2, -0.15) is 0 Å². The molecule has 1 unspecified atom stereocenters. The van der Waals surface area contributed by atoms with Crippen LogP contribution in [0.2, 0.25) is 5.02 Å². The van der Waals surface area contributed by atoms with Crippen molar-refractivity contribution < 1.29 is 0 Å². The summed E-state index contributed by atoms with van der Waals surface area (Å²) in [7, 11) is 0. The summed E-state index contributed by atoms with van der Waals surface area (Å²) in [6, 6.07) is 7.70. The maximum Gasteiger partial charge on any atom is 0.128 e. The average molecular weight is 291 g/mol. The molecule has 106 valence electrons. The van der Waals surface area contributed by atoms with Crippen molar-refractivity contribution in [2.75, 3.05) is 12.3 Å². The van der Waals surface area contributed by atoms with Crippen LogP contribution >= 0.6 is 11.6 Å². The molecule has 0 fully saturated rings. The van der Waals surface area contributed by atoms with Crippen LogP contribution in [0, 0.1) is 6.92 Å². The summed E-state index contributed by atoms with van der Waals surface area (Å²) >= 11 is 6.05. The predicted octanol–water partition coefficient (Wildman–Crippen LogP) is 3.11. The molecule has 0 spiro atoms. The highest BCUT2D eigenvalue weighted by molar-refractivity contribution is 6.30. The Morgan fingerprint density at radius 1 is 1.40 bits per heavy atom. The molecule has 5 heteroatoms. The van der Waals surface area contributed by atoms with Crippen molar-refractivity contribution in [3.63, 3.8) is 0 Å². The number of nitrogens with zero attached hydrogens (tertiary/aromatic N) is 2. The lowest BCUT2D eigenvalue weighted by Gasteiger charge is -2.20. The molecule has 0 saturated heterocycles. The van der Waals surface area contributed by atoms with Crippen LogP contribution < -0.4 is 11.1 Å². The number of aromatic nitrogens is 2. The first-order valence-corrected chi connectivity index (χ1v) is 7.07. The van der Waals surface area contributed by atoms with Crippen molar-refractivity contribution in [1.29, 1.82) is 0 Å². The third-order valence-electron chi connectivity index (χ3n) is 3.03. The molecular formula is C15H19ClN4. The molecule has 0 aliphatic heterocycles. The van der Waals surface area contributed by atoms with Gasteiger partial charge in [0.1, 0.15) is 5.82 Å². The summed E-state index contributed by atoms with van der Waals surface area (Å²) in [4.78, 5) is 8.72. The molecule has 3 N–H and O–H groups in total. The molecule has 2 aromatic heterocycles. The molecule has 0 bridgehead atoms. The smallest absolute Gasteiger partial charge is 0.128 e. The molecule has 20 heavy (non-hydrogen) atoms. The zero-order chi connectivity index (χ0) is 14.5. The first-order chi connectivity index (χ1) is 9.61. The van der Waals surface area contributed by atoms with Gasteiger partial charge in [0.25, 0.3) is 0 Å². The summed E-state index contributed by atoms with van der Waals surface area (Å²) < 4.78 is 0. The summed E-state index contributed by atoms with van der Waals surface area (Å²) in [5.74, 6) is 0.478. The van der Waals surface area contributed by atoms with Gasteiger partial charge in [-0.05, 0) is 38.1 Å². The highest BCUT2D eigenvalue weighted by atomic mass is 35.5. The van der Waals surface area contributed by atoms with E-state index in [1.165, 1.54) is 0 Å². The zero-order valence-corrected chi connectivity index (χ0v) is 12.5. The standard InChI is InChI=1S/C15H19ClN4/c1-3-7-18-14(13-6-4-5-10(2)20-13)12-8-11(16)9-19-15(12)17/h4-6,8-9,14,18H,3,7H2,1-2H3,(H2,17,19). The molecule has 0 aliphatic carbocycles. The summed E-state index contributed by atoms with van der Waals surface area (Å²) in [6.45, 7) is 4.96. The second-order valence-electron chi connectivity index (χ2n) is 4.72. The van der Waals surface area contributed by atoms with E-state index in [1.807, 2.05) is 31.2 Å². The van der Waals surface area contributed by atoms with Crippen molar-refractivity contribution in [2.24, 2.45) is 0 Å². The summed E-state index contributed by atoms with van der Waals surface area (Å²) in [5, 5.41) is 4.03.